The smallest absolute Gasteiger partial charge is 0.408 e. The van der Waals surface area contributed by atoms with Gasteiger partial charge in [0.15, 0.2) is 0 Å². The highest BCUT2D eigenvalue weighted by molar-refractivity contribution is 5.82. The van der Waals surface area contributed by atoms with Crippen LogP contribution in [0.1, 0.15) is 51.6 Å². The molecule has 3 rings (SSSR count). The highest BCUT2D eigenvalue weighted by Crippen LogP contribution is 2.27. The van der Waals surface area contributed by atoms with E-state index >= 15 is 0 Å². The van der Waals surface area contributed by atoms with Gasteiger partial charge >= 0.3 is 6.09 Å². The average molecular weight is 451 g/mol. The maximum atomic E-state index is 13.9. The second kappa shape index (κ2) is 8.60. The quantitative estimate of drug-likeness (QED) is 0.555. The van der Waals surface area contributed by atoms with Gasteiger partial charge in [-0.25, -0.2) is 27.3 Å². The molecule has 0 saturated carbocycles. The Labute approximate surface area is 180 Å². The van der Waals surface area contributed by atoms with Gasteiger partial charge in [-0.15, -0.1) is 0 Å². The molecular formula is C22H21F4N3O3. The second-order valence-electron chi connectivity index (χ2n) is 8.15. The first kappa shape index (κ1) is 23.2. The number of aromatic nitrogens is 2. The molecule has 1 heterocycles. The van der Waals surface area contributed by atoms with Crippen LogP contribution in [0.5, 0.6) is 0 Å². The van der Waals surface area contributed by atoms with Crippen LogP contribution < -0.4 is 10.9 Å². The molecule has 170 valence electrons. The number of benzene rings is 2. The SMILES string of the molecule is C[C@H](NC(=O)OC(C)(C)C)c1nc2c(C(F)F)cccc2c(=O)n1-c1cc(F)cc(F)c1. The van der Waals surface area contributed by atoms with Gasteiger partial charge in [-0.2, -0.15) is 0 Å². The zero-order valence-electron chi connectivity index (χ0n) is 17.7. The molecule has 1 amide bonds. The monoisotopic (exact) mass is 451 g/mol. The third-order valence-electron chi connectivity index (χ3n) is 4.42. The Morgan fingerprint density at radius 1 is 1.12 bits per heavy atom. The largest absolute Gasteiger partial charge is 0.444 e. The Morgan fingerprint density at radius 3 is 2.31 bits per heavy atom. The number of nitrogens with zero attached hydrogens (tertiary/aromatic N) is 2. The number of para-hydroxylation sites is 1. The predicted octanol–water partition coefficient (Wildman–Crippen LogP) is 5.19. The third kappa shape index (κ3) is 4.90. The lowest BCUT2D eigenvalue weighted by Crippen LogP contribution is -2.37. The summed E-state index contributed by atoms with van der Waals surface area (Å²) < 4.78 is 61.0. The summed E-state index contributed by atoms with van der Waals surface area (Å²) in [7, 11) is 0. The number of amides is 1. The van der Waals surface area contributed by atoms with Gasteiger partial charge in [-0.05, 0) is 45.9 Å². The topological polar surface area (TPSA) is 73.2 Å². The number of rotatable bonds is 4. The summed E-state index contributed by atoms with van der Waals surface area (Å²) in [6.07, 6.45) is -3.77. The molecule has 0 aliphatic heterocycles. The van der Waals surface area contributed by atoms with Crippen molar-refractivity contribution < 1.29 is 27.1 Å². The van der Waals surface area contributed by atoms with Crippen molar-refractivity contribution in [3.63, 3.8) is 0 Å². The Hall–Kier alpha value is -3.43. The summed E-state index contributed by atoms with van der Waals surface area (Å²) in [5, 5.41) is 2.31. The molecule has 32 heavy (non-hydrogen) atoms. The summed E-state index contributed by atoms with van der Waals surface area (Å²) in [4.78, 5) is 29.7. The highest BCUT2D eigenvalue weighted by atomic mass is 19.3. The van der Waals surface area contributed by atoms with Crippen molar-refractivity contribution in [2.24, 2.45) is 0 Å². The van der Waals surface area contributed by atoms with E-state index in [4.69, 9.17) is 4.74 Å². The van der Waals surface area contributed by atoms with E-state index in [-0.39, 0.29) is 22.4 Å². The van der Waals surface area contributed by atoms with Crippen molar-refractivity contribution in [1.29, 1.82) is 0 Å². The van der Waals surface area contributed by atoms with E-state index in [0.717, 1.165) is 22.8 Å². The van der Waals surface area contributed by atoms with Crippen LogP contribution in [-0.2, 0) is 4.74 Å². The van der Waals surface area contributed by atoms with Crippen molar-refractivity contribution in [1.82, 2.24) is 14.9 Å². The van der Waals surface area contributed by atoms with Crippen LogP contribution in [0.25, 0.3) is 16.6 Å². The van der Waals surface area contributed by atoms with Gasteiger partial charge in [0.2, 0.25) is 0 Å². The van der Waals surface area contributed by atoms with Crippen LogP contribution in [0, 0.1) is 11.6 Å². The maximum absolute atomic E-state index is 13.9. The van der Waals surface area contributed by atoms with Crippen LogP contribution >= 0.6 is 0 Å². The molecule has 0 fully saturated rings. The van der Waals surface area contributed by atoms with Gasteiger partial charge in [-0.3, -0.25) is 9.36 Å². The minimum Gasteiger partial charge on any atom is -0.444 e. The molecule has 3 aromatic rings. The van der Waals surface area contributed by atoms with E-state index in [1.54, 1.807) is 20.8 Å². The van der Waals surface area contributed by atoms with Gasteiger partial charge in [0.1, 0.15) is 23.1 Å². The van der Waals surface area contributed by atoms with Crippen molar-refractivity contribution >= 4 is 17.0 Å². The van der Waals surface area contributed by atoms with Gasteiger partial charge in [0, 0.05) is 11.6 Å². The molecule has 0 radical (unpaired) electrons. The predicted molar refractivity (Wildman–Crippen MR) is 110 cm³/mol. The standard InChI is InChI=1S/C22H21F4N3O3/c1-11(27-21(31)32-22(2,3)4)19-28-17-15(18(25)26)6-5-7-16(17)20(30)29(19)14-9-12(23)8-13(24)10-14/h5-11,18H,1-4H3,(H,27,31)/t11-/m0/s1. The third-order valence-corrected chi connectivity index (χ3v) is 4.42. The minimum atomic E-state index is -2.92. The molecule has 1 atom stereocenters. The zero-order chi connectivity index (χ0) is 23.8. The number of carbonyl (C=O) groups is 1. The molecule has 0 spiro atoms. The number of ether oxygens (including phenoxy) is 1. The minimum absolute atomic E-state index is 0.166. The zero-order valence-corrected chi connectivity index (χ0v) is 17.7. The first-order valence-corrected chi connectivity index (χ1v) is 9.67. The van der Waals surface area contributed by atoms with Crippen LogP contribution in [0.4, 0.5) is 22.4 Å². The van der Waals surface area contributed by atoms with E-state index in [2.05, 4.69) is 10.3 Å². The maximum Gasteiger partial charge on any atom is 0.408 e. The molecule has 10 heteroatoms. The fourth-order valence-electron chi connectivity index (χ4n) is 3.18. The summed E-state index contributed by atoms with van der Waals surface area (Å²) in [5.74, 6) is -2.11. The second-order valence-corrected chi connectivity index (χ2v) is 8.15. The molecular weight excluding hydrogens is 430 g/mol. The molecule has 2 aromatic carbocycles. The number of alkyl carbamates (subject to hydrolysis) is 1. The van der Waals surface area contributed by atoms with Crippen LogP contribution in [0.15, 0.2) is 41.2 Å². The number of nitrogens with one attached hydrogen (secondary N) is 1. The number of hydrogen-bond donors (Lipinski definition) is 1. The molecule has 0 bridgehead atoms. The number of halogens is 4. The number of carbonyl (C=O) groups excluding carboxylic acids is 1. The molecule has 1 aromatic heterocycles. The fraction of sp³-hybridized carbons (Fsp3) is 0.318. The first-order valence-electron chi connectivity index (χ1n) is 9.67. The van der Waals surface area contributed by atoms with E-state index in [9.17, 15) is 27.2 Å². The number of alkyl halides is 2. The summed E-state index contributed by atoms with van der Waals surface area (Å²) in [6, 6.07) is 5.07. The molecule has 0 aliphatic rings. The molecule has 0 saturated heterocycles. The van der Waals surface area contributed by atoms with Gasteiger partial charge in [0.05, 0.1) is 22.6 Å². The molecule has 6 nitrogen and oxygen atoms in total. The van der Waals surface area contributed by atoms with E-state index in [0.29, 0.717) is 6.07 Å². The Morgan fingerprint density at radius 2 is 1.75 bits per heavy atom. The average Bonchev–Trinajstić information content (AvgIpc) is 2.64. The van der Waals surface area contributed by atoms with Gasteiger partial charge in [-0.1, -0.05) is 12.1 Å². The summed E-state index contributed by atoms with van der Waals surface area (Å²) in [6.45, 7) is 6.37. The van der Waals surface area contributed by atoms with Gasteiger partial charge in [0.25, 0.3) is 12.0 Å². The number of fused-ring (bicyclic) bond motifs is 1. The fourth-order valence-corrected chi connectivity index (χ4v) is 3.18. The van der Waals surface area contributed by atoms with Crippen LogP contribution in [0.3, 0.4) is 0 Å². The Balaban J connectivity index is 2.27. The highest BCUT2D eigenvalue weighted by Gasteiger charge is 2.25. The lowest BCUT2D eigenvalue weighted by Gasteiger charge is -2.23. The van der Waals surface area contributed by atoms with E-state index in [1.165, 1.54) is 19.1 Å². The Bertz CT molecular complexity index is 1220. The molecule has 1 N–H and O–H groups in total. The van der Waals surface area contributed by atoms with Crippen molar-refractivity contribution in [3.8, 4) is 5.69 Å². The first-order chi connectivity index (χ1) is 14.9. The number of hydrogen-bond acceptors (Lipinski definition) is 4. The lowest BCUT2D eigenvalue weighted by molar-refractivity contribution is 0.0505. The van der Waals surface area contributed by atoms with Gasteiger partial charge < -0.3 is 10.1 Å². The lowest BCUT2D eigenvalue weighted by atomic mass is 10.1. The summed E-state index contributed by atoms with van der Waals surface area (Å²) in [5.41, 5.74) is -2.61. The van der Waals surface area contributed by atoms with Crippen LogP contribution in [0.2, 0.25) is 0 Å². The molecule has 0 aliphatic carbocycles. The van der Waals surface area contributed by atoms with E-state index < -0.39 is 46.9 Å². The Kier molecular flexibility index (Phi) is 6.25. The van der Waals surface area contributed by atoms with Crippen molar-refractivity contribution in [2.75, 3.05) is 0 Å². The van der Waals surface area contributed by atoms with E-state index in [1.807, 2.05) is 0 Å². The molecule has 0 unspecified atom stereocenters. The summed E-state index contributed by atoms with van der Waals surface area (Å²) >= 11 is 0. The normalized spacial score (nSPS) is 12.8. The van der Waals surface area contributed by atoms with Crippen LogP contribution in [-0.4, -0.2) is 21.2 Å². The van der Waals surface area contributed by atoms with Crippen molar-refractivity contribution in [3.05, 3.63) is 69.8 Å². The van der Waals surface area contributed by atoms with Crippen molar-refractivity contribution in [2.45, 2.75) is 45.8 Å².